The molecule has 0 amide bonds. The molecule has 0 fully saturated rings. The molecule has 0 spiro atoms. The number of rotatable bonds is 3. The van der Waals surface area contributed by atoms with Crippen molar-refractivity contribution in [1.82, 2.24) is 10.2 Å². The number of ether oxygens (including phenoxy) is 1. The van der Waals surface area contributed by atoms with Gasteiger partial charge in [0.2, 0.25) is 0 Å². The molecule has 0 aliphatic rings. The summed E-state index contributed by atoms with van der Waals surface area (Å²) in [6.45, 7) is 8.19. The normalized spacial score (nSPS) is 10.3. The van der Waals surface area contributed by atoms with Crippen molar-refractivity contribution in [3.63, 3.8) is 0 Å². The predicted molar refractivity (Wildman–Crippen MR) is 71.7 cm³/mol. The van der Waals surface area contributed by atoms with E-state index in [1.54, 1.807) is 6.07 Å². The van der Waals surface area contributed by atoms with Crippen LogP contribution in [0.2, 0.25) is 5.02 Å². The summed E-state index contributed by atoms with van der Waals surface area (Å²) in [6, 6.07) is 3.76. The minimum absolute atomic E-state index is 0.268. The summed E-state index contributed by atoms with van der Waals surface area (Å²) in [5.74, 6) is 0.637. The van der Waals surface area contributed by atoms with E-state index in [4.69, 9.17) is 21.6 Å². The molecule has 0 bridgehead atoms. The molecule has 4 nitrogen and oxygen atoms in total. The third-order valence-corrected chi connectivity index (χ3v) is 2.90. The van der Waals surface area contributed by atoms with Gasteiger partial charge in [0.15, 0.2) is 11.4 Å². The van der Waals surface area contributed by atoms with Crippen molar-refractivity contribution in [2.75, 3.05) is 6.61 Å². The van der Waals surface area contributed by atoms with Crippen LogP contribution in [-0.4, -0.2) is 16.8 Å². The zero-order valence-corrected chi connectivity index (χ0v) is 10.9. The van der Waals surface area contributed by atoms with Crippen LogP contribution in [0.25, 0.3) is 16.5 Å². The van der Waals surface area contributed by atoms with E-state index in [0.717, 1.165) is 11.1 Å². The molecule has 1 heterocycles. The molecule has 5 heteroatoms. The van der Waals surface area contributed by atoms with Crippen molar-refractivity contribution >= 4 is 28.1 Å². The molecular weight excluding hydrogens is 250 g/mol. The van der Waals surface area contributed by atoms with Crippen molar-refractivity contribution in [3.05, 3.63) is 28.9 Å². The largest absolute Gasteiger partial charge is 0.491 e. The first-order valence-corrected chi connectivity index (χ1v) is 5.87. The number of hydrogen-bond acceptors (Lipinski definition) is 3. The van der Waals surface area contributed by atoms with Crippen LogP contribution in [0.15, 0.2) is 12.6 Å². The molecule has 18 heavy (non-hydrogen) atoms. The Hall–Kier alpha value is -1.99. The Bertz CT molecular complexity index is 667. The number of halogens is 1. The van der Waals surface area contributed by atoms with Gasteiger partial charge in [-0.2, -0.15) is 10.4 Å². The molecule has 0 saturated carbocycles. The van der Waals surface area contributed by atoms with E-state index in [9.17, 15) is 0 Å². The number of benzene rings is 1. The van der Waals surface area contributed by atoms with Gasteiger partial charge in [-0.1, -0.05) is 18.2 Å². The number of fused-ring (bicyclic) bond motifs is 1. The average Bonchev–Trinajstić information content (AvgIpc) is 2.76. The van der Waals surface area contributed by atoms with Gasteiger partial charge in [0, 0.05) is 5.56 Å². The van der Waals surface area contributed by atoms with Crippen LogP contribution in [0.3, 0.4) is 0 Å². The van der Waals surface area contributed by atoms with Gasteiger partial charge in [0.25, 0.3) is 0 Å². The topological polar surface area (TPSA) is 61.7 Å². The number of nitrogens with one attached hydrogen (secondary N) is 1. The highest BCUT2D eigenvalue weighted by atomic mass is 35.5. The number of nitrogens with zero attached hydrogens (tertiary/aromatic N) is 2. The number of nitriles is 1. The second-order valence-electron chi connectivity index (χ2n) is 3.88. The highest BCUT2D eigenvalue weighted by molar-refractivity contribution is 6.36. The van der Waals surface area contributed by atoms with E-state index in [2.05, 4.69) is 16.8 Å². The zero-order valence-electron chi connectivity index (χ0n) is 10.2. The molecule has 0 aliphatic carbocycles. The minimum Gasteiger partial charge on any atom is -0.491 e. The van der Waals surface area contributed by atoms with Gasteiger partial charge >= 0.3 is 0 Å². The summed E-state index contributed by atoms with van der Waals surface area (Å²) in [7, 11) is 0. The highest BCUT2D eigenvalue weighted by Crippen LogP contribution is 2.38. The van der Waals surface area contributed by atoms with Crippen LogP contribution < -0.4 is 4.74 Å². The lowest BCUT2D eigenvalue weighted by atomic mass is 10.0. The molecule has 1 aromatic heterocycles. The third kappa shape index (κ3) is 1.83. The number of aromatic nitrogens is 2. The summed E-state index contributed by atoms with van der Waals surface area (Å²) >= 11 is 6.20. The number of hydrogen-bond donors (Lipinski definition) is 1. The Morgan fingerprint density at radius 1 is 1.67 bits per heavy atom. The number of allylic oxidation sites excluding steroid dienone is 1. The van der Waals surface area contributed by atoms with Crippen molar-refractivity contribution in [3.8, 4) is 11.8 Å². The molecule has 2 rings (SSSR count). The molecular formula is C13H12ClN3O. The van der Waals surface area contributed by atoms with E-state index in [1.807, 2.05) is 19.9 Å². The second-order valence-corrected chi connectivity index (χ2v) is 4.29. The monoisotopic (exact) mass is 261 g/mol. The summed E-state index contributed by atoms with van der Waals surface area (Å²) in [5, 5.41) is 16.8. The summed E-state index contributed by atoms with van der Waals surface area (Å²) in [6.07, 6.45) is 0. The Morgan fingerprint density at radius 3 is 2.94 bits per heavy atom. The maximum Gasteiger partial charge on any atom is 0.171 e. The van der Waals surface area contributed by atoms with Crippen molar-refractivity contribution in [1.29, 1.82) is 5.26 Å². The number of H-pyrrole nitrogens is 1. The Kier molecular flexibility index (Phi) is 3.26. The van der Waals surface area contributed by atoms with Crippen molar-refractivity contribution in [2.24, 2.45) is 0 Å². The van der Waals surface area contributed by atoms with E-state index >= 15 is 0 Å². The summed E-state index contributed by atoms with van der Waals surface area (Å²) in [4.78, 5) is 0. The molecule has 0 aliphatic heterocycles. The summed E-state index contributed by atoms with van der Waals surface area (Å²) < 4.78 is 5.62. The first-order valence-electron chi connectivity index (χ1n) is 5.49. The fraction of sp³-hybridized carbons (Fsp3) is 0.231. The Balaban J connectivity index is 2.86. The van der Waals surface area contributed by atoms with Gasteiger partial charge in [-0.05, 0) is 25.5 Å². The third-order valence-electron chi connectivity index (χ3n) is 2.60. The van der Waals surface area contributed by atoms with Crippen LogP contribution in [0.5, 0.6) is 5.75 Å². The summed E-state index contributed by atoms with van der Waals surface area (Å²) in [5.41, 5.74) is 2.57. The van der Waals surface area contributed by atoms with Crippen LogP contribution in [-0.2, 0) is 0 Å². The molecule has 0 saturated heterocycles. The van der Waals surface area contributed by atoms with E-state index < -0.39 is 0 Å². The molecule has 0 atom stereocenters. The lowest BCUT2D eigenvalue weighted by Gasteiger charge is -2.12. The minimum atomic E-state index is 0.268. The lowest BCUT2D eigenvalue weighted by molar-refractivity contribution is 0.342. The van der Waals surface area contributed by atoms with Crippen LogP contribution in [0.4, 0.5) is 0 Å². The second kappa shape index (κ2) is 4.71. The Labute approximate surface area is 110 Å². The fourth-order valence-corrected chi connectivity index (χ4v) is 2.12. The van der Waals surface area contributed by atoms with Gasteiger partial charge in [0.05, 0.1) is 17.0 Å². The van der Waals surface area contributed by atoms with Gasteiger partial charge in [-0.3, -0.25) is 5.10 Å². The molecule has 1 aromatic carbocycles. The maximum atomic E-state index is 9.00. The fourth-order valence-electron chi connectivity index (χ4n) is 1.83. The first kappa shape index (κ1) is 12.5. The zero-order chi connectivity index (χ0) is 13.3. The van der Waals surface area contributed by atoms with Gasteiger partial charge in [-0.25, -0.2) is 0 Å². The molecule has 1 N–H and O–H groups in total. The molecule has 0 radical (unpaired) electrons. The smallest absolute Gasteiger partial charge is 0.171 e. The standard InChI is InChI=1S/C13H12ClN3O/c1-4-18-13-8(7(2)3)5-9(14)11-10(6-15)16-17-12(11)13/h5H,2,4H2,1,3H3,(H,16,17). The quantitative estimate of drug-likeness (QED) is 0.919. The Morgan fingerprint density at radius 2 is 2.39 bits per heavy atom. The molecule has 2 aromatic rings. The van der Waals surface area contributed by atoms with E-state index in [0.29, 0.717) is 28.3 Å². The van der Waals surface area contributed by atoms with E-state index in [1.165, 1.54) is 0 Å². The van der Waals surface area contributed by atoms with Crippen LogP contribution in [0.1, 0.15) is 25.1 Å². The van der Waals surface area contributed by atoms with Crippen molar-refractivity contribution in [2.45, 2.75) is 13.8 Å². The van der Waals surface area contributed by atoms with Gasteiger partial charge < -0.3 is 4.74 Å². The molecule has 92 valence electrons. The van der Waals surface area contributed by atoms with Gasteiger partial charge in [-0.15, -0.1) is 0 Å². The first-order chi connectivity index (χ1) is 8.60. The predicted octanol–water partition coefficient (Wildman–Crippen LogP) is 3.52. The van der Waals surface area contributed by atoms with Crippen LogP contribution >= 0.6 is 11.6 Å². The SMILES string of the molecule is C=C(C)c1cc(Cl)c2c(C#N)n[nH]c2c1OCC. The van der Waals surface area contributed by atoms with Crippen LogP contribution in [0, 0.1) is 11.3 Å². The van der Waals surface area contributed by atoms with E-state index in [-0.39, 0.29) is 5.69 Å². The highest BCUT2D eigenvalue weighted by Gasteiger charge is 2.18. The average molecular weight is 262 g/mol. The van der Waals surface area contributed by atoms with Crippen molar-refractivity contribution < 1.29 is 4.74 Å². The van der Waals surface area contributed by atoms with Gasteiger partial charge in [0.1, 0.15) is 11.6 Å². The number of aromatic amines is 1. The molecule has 0 unspecified atom stereocenters. The lowest BCUT2D eigenvalue weighted by Crippen LogP contribution is -1.97. The maximum absolute atomic E-state index is 9.00.